The Morgan fingerprint density at radius 1 is 1.32 bits per heavy atom. The fourth-order valence-corrected chi connectivity index (χ4v) is 4.34. The molecule has 10 heteroatoms. The first-order valence-electron chi connectivity index (χ1n) is 8.78. The van der Waals surface area contributed by atoms with Crippen molar-refractivity contribution in [3.63, 3.8) is 0 Å². The molecule has 1 saturated heterocycles. The molecule has 1 amide bonds. The number of thiazole rings is 1. The average molecular weight is 442 g/mol. The molecule has 1 fully saturated rings. The number of nitrogens with zero attached hydrogens (tertiary/aromatic N) is 5. The van der Waals surface area contributed by atoms with Crippen LogP contribution in [0.1, 0.15) is 10.5 Å². The summed E-state index contributed by atoms with van der Waals surface area (Å²) in [6.45, 7) is 4.54. The van der Waals surface area contributed by atoms with Gasteiger partial charge in [-0.25, -0.2) is 4.98 Å². The highest BCUT2D eigenvalue weighted by Gasteiger charge is 2.24. The van der Waals surface area contributed by atoms with Crippen LogP contribution in [0.15, 0.2) is 30.5 Å². The van der Waals surface area contributed by atoms with Gasteiger partial charge in [0.15, 0.2) is 5.13 Å². The number of anilines is 1. The molecule has 3 heterocycles. The Hall–Kier alpha value is -1.71. The van der Waals surface area contributed by atoms with Gasteiger partial charge in [0, 0.05) is 44.4 Å². The molecule has 1 aliphatic heterocycles. The molecule has 1 aliphatic rings. The standard InChI is InChI=1S/C18H20ClN5O2S.ClH/c1-22-15(4-5-20-22)17(25)24(7-6-23-8-10-26-11-9-23)18-21-14-3-2-13(19)12-16(14)27-18;/h2-5,12H,6-11H2,1H3;1H. The second-order valence-electron chi connectivity index (χ2n) is 6.36. The van der Waals surface area contributed by atoms with Crippen LogP contribution in [0.2, 0.25) is 5.02 Å². The molecule has 150 valence electrons. The average Bonchev–Trinajstić information content (AvgIpc) is 3.28. The van der Waals surface area contributed by atoms with Crippen LogP contribution < -0.4 is 4.90 Å². The van der Waals surface area contributed by atoms with Crippen LogP contribution in [0.3, 0.4) is 0 Å². The maximum Gasteiger partial charge on any atom is 0.278 e. The summed E-state index contributed by atoms with van der Waals surface area (Å²) in [4.78, 5) is 21.9. The van der Waals surface area contributed by atoms with Crippen molar-refractivity contribution < 1.29 is 9.53 Å². The van der Waals surface area contributed by atoms with Crippen LogP contribution in [0.25, 0.3) is 10.2 Å². The molecule has 0 atom stereocenters. The van der Waals surface area contributed by atoms with Gasteiger partial charge >= 0.3 is 0 Å². The Kier molecular flexibility index (Phi) is 6.90. The minimum absolute atomic E-state index is 0. The number of amides is 1. The Morgan fingerprint density at radius 3 is 2.82 bits per heavy atom. The van der Waals surface area contributed by atoms with Gasteiger partial charge in [0.2, 0.25) is 0 Å². The van der Waals surface area contributed by atoms with Crippen LogP contribution in [-0.4, -0.2) is 65.0 Å². The summed E-state index contributed by atoms with van der Waals surface area (Å²) in [6.07, 6.45) is 1.63. The van der Waals surface area contributed by atoms with E-state index in [2.05, 4.69) is 15.0 Å². The normalized spacial score (nSPS) is 14.8. The van der Waals surface area contributed by atoms with Crippen LogP contribution in [-0.2, 0) is 11.8 Å². The number of ether oxygens (including phenoxy) is 1. The molecule has 7 nitrogen and oxygen atoms in total. The smallest absolute Gasteiger partial charge is 0.278 e. The fourth-order valence-electron chi connectivity index (χ4n) is 3.07. The quantitative estimate of drug-likeness (QED) is 0.608. The summed E-state index contributed by atoms with van der Waals surface area (Å²) in [7, 11) is 1.77. The number of rotatable bonds is 5. The van der Waals surface area contributed by atoms with E-state index in [0.717, 1.165) is 43.1 Å². The number of morpholine rings is 1. The van der Waals surface area contributed by atoms with Crippen molar-refractivity contribution in [1.82, 2.24) is 19.7 Å². The third kappa shape index (κ3) is 4.47. The minimum atomic E-state index is -0.103. The molecule has 2 aromatic heterocycles. The minimum Gasteiger partial charge on any atom is -0.379 e. The molecular formula is C18H21Cl2N5O2S. The fraction of sp³-hybridized carbons (Fsp3) is 0.389. The number of carbonyl (C=O) groups excluding carboxylic acids is 1. The van der Waals surface area contributed by atoms with Crippen molar-refractivity contribution in [2.45, 2.75) is 0 Å². The van der Waals surface area contributed by atoms with Crippen molar-refractivity contribution in [1.29, 1.82) is 0 Å². The summed E-state index contributed by atoms with van der Waals surface area (Å²) < 4.78 is 7.96. The Labute approximate surface area is 178 Å². The van der Waals surface area contributed by atoms with E-state index in [9.17, 15) is 4.79 Å². The van der Waals surface area contributed by atoms with E-state index in [4.69, 9.17) is 16.3 Å². The molecule has 0 spiro atoms. The number of benzene rings is 1. The molecule has 0 radical (unpaired) electrons. The number of carbonyl (C=O) groups is 1. The number of fused-ring (bicyclic) bond motifs is 1. The first-order valence-corrected chi connectivity index (χ1v) is 9.97. The molecule has 0 unspecified atom stereocenters. The Morgan fingerprint density at radius 2 is 2.11 bits per heavy atom. The highest BCUT2D eigenvalue weighted by molar-refractivity contribution is 7.22. The Balaban J connectivity index is 0.00000225. The van der Waals surface area contributed by atoms with Gasteiger partial charge in [-0.3, -0.25) is 19.3 Å². The van der Waals surface area contributed by atoms with E-state index in [0.29, 0.717) is 22.4 Å². The van der Waals surface area contributed by atoms with Crippen molar-refractivity contribution >= 4 is 56.6 Å². The van der Waals surface area contributed by atoms with Crippen molar-refractivity contribution in [3.05, 3.63) is 41.2 Å². The van der Waals surface area contributed by atoms with Gasteiger partial charge in [-0.05, 0) is 24.3 Å². The number of hydrogen-bond donors (Lipinski definition) is 0. The molecule has 3 aromatic rings. The Bertz CT molecular complexity index is 955. The number of hydrogen-bond acceptors (Lipinski definition) is 6. The SMILES string of the molecule is Cl.Cn1nccc1C(=O)N(CCN1CCOCC1)c1nc2ccc(Cl)cc2s1. The van der Waals surface area contributed by atoms with Crippen molar-refractivity contribution in [3.8, 4) is 0 Å². The second kappa shape index (κ2) is 9.19. The predicted octanol–water partition coefficient (Wildman–Crippen LogP) is 3.08. The van der Waals surface area contributed by atoms with Crippen LogP contribution in [0.4, 0.5) is 5.13 Å². The zero-order valence-corrected chi connectivity index (χ0v) is 17.8. The van der Waals surface area contributed by atoms with Crippen LogP contribution in [0.5, 0.6) is 0 Å². The molecule has 0 aliphatic carbocycles. The van der Waals surface area contributed by atoms with Crippen molar-refractivity contribution in [2.24, 2.45) is 7.05 Å². The summed E-state index contributed by atoms with van der Waals surface area (Å²) in [5, 5.41) is 5.46. The molecule has 4 rings (SSSR count). The van der Waals surface area contributed by atoms with Crippen LogP contribution in [0, 0.1) is 0 Å². The third-order valence-corrected chi connectivity index (χ3v) is 5.88. The summed E-state index contributed by atoms with van der Waals surface area (Å²) in [5.74, 6) is -0.103. The first kappa shape index (κ1) is 21.0. The zero-order valence-electron chi connectivity index (χ0n) is 15.4. The van der Waals surface area contributed by atoms with Gasteiger partial charge in [0.05, 0.1) is 23.4 Å². The van der Waals surface area contributed by atoms with Gasteiger partial charge < -0.3 is 4.74 Å². The van der Waals surface area contributed by atoms with E-state index in [1.165, 1.54) is 11.3 Å². The maximum atomic E-state index is 13.2. The molecule has 1 aromatic carbocycles. The van der Waals surface area contributed by atoms with E-state index < -0.39 is 0 Å². The number of halogens is 2. The predicted molar refractivity (Wildman–Crippen MR) is 114 cm³/mol. The molecule has 0 saturated carbocycles. The van der Waals surface area contributed by atoms with E-state index >= 15 is 0 Å². The molecule has 28 heavy (non-hydrogen) atoms. The second-order valence-corrected chi connectivity index (χ2v) is 7.80. The topological polar surface area (TPSA) is 63.5 Å². The van der Waals surface area contributed by atoms with Gasteiger partial charge in [0.1, 0.15) is 5.69 Å². The van der Waals surface area contributed by atoms with Gasteiger partial charge in [-0.15, -0.1) is 12.4 Å². The first-order chi connectivity index (χ1) is 13.1. The van der Waals surface area contributed by atoms with Gasteiger partial charge in [-0.2, -0.15) is 5.10 Å². The highest BCUT2D eigenvalue weighted by Crippen LogP contribution is 2.31. The molecule has 0 bridgehead atoms. The summed E-state index contributed by atoms with van der Waals surface area (Å²) in [6, 6.07) is 7.31. The van der Waals surface area contributed by atoms with E-state index in [1.54, 1.807) is 28.9 Å². The zero-order chi connectivity index (χ0) is 18.8. The lowest BCUT2D eigenvalue weighted by molar-refractivity contribution is 0.0391. The van der Waals surface area contributed by atoms with Crippen LogP contribution >= 0.6 is 35.3 Å². The third-order valence-electron chi connectivity index (χ3n) is 4.60. The van der Waals surface area contributed by atoms with E-state index in [-0.39, 0.29) is 18.3 Å². The summed E-state index contributed by atoms with van der Waals surface area (Å²) in [5.41, 5.74) is 1.38. The lowest BCUT2D eigenvalue weighted by Gasteiger charge is -2.29. The molecular weight excluding hydrogens is 421 g/mol. The monoisotopic (exact) mass is 441 g/mol. The van der Waals surface area contributed by atoms with E-state index in [1.807, 2.05) is 18.2 Å². The number of aromatic nitrogens is 3. The number of aryl methyl sites for hydroxylation is 1. The summed E-state index contributed by atoms with van der Waals surface area (Å²) >= 11 is 7.58. The lowest BCUT2D eigenvalue weighted by atomic mass is 10.3. The maximum absolute atomic E-state index is 13.2. The van der Waals surface area contributed by atoms with Gasteiger partial charge in [0.25, 0.3) is 5.91 Å². The lowest BCUT2D eigenvalue weighted by Crippen LogP contribution is -2.43. The highest BCUT2D eigenvalue weighted by atomic mass is 35.5. The van der Waals surface area contributed by atoms with Crippen molar-refractivity contribution in [2.75, 3.05) is 44.3 Å². The molecule has 0 N–H and O–H groups in total. The largest absolute Gasteiger partial charge is 0.379 e. The van der Waals surface area contributed by atoms with Gasteiger partial charge in [-0.1, -0.05) is 22.9 Å².